The van der Waals surface area contributed by atoms with Gasteiger partial charge in [0.1, 0.15) is 6.33 Å². The van der Waals surface area contributed by atoms with Crippen molar-refractivity contribution in [3.8, 4) is 0 Å². The van der Waals surface area contributed by atoms with Gasteiger partial charge in [-0.15, -0.1) is 0 Å². The van der Waals surface area contributed by atoms with Crippen LogP contribution in [0.5, 0.6) is 0 Å². The van der Waals surface area contributed by atoms with E-state index in [4.69, 9.17) is 11.6 Å². The van der Waals surface area contributed by atoms with E-state index in [0.29, 0.717) is 5.02 Å². The third-order valence-corrected chi connectivity index (χ3v) is 2.70. The third kappa shape index (κ3) is 2.78. The molecule has 1 atom stereocenters. The topological polar surface area (TPSA) is 50.7 Å². The average Bonchev–Trinajstić information content (AvgIpc) is 2.38. The van der Waals surface area contributed by atoms with Crippen LogP contribution in [0.2, 0.25) is 5.02 Å². The van der Waals surface area contributed by atoms with Crippen LogP contribution in [0.4, 0.5) is 0 Å². The maximum absolute atomic E-state index is 6.16. The lowest BCUT2D eigenvalue weighted by Gasteiger charge is -2.17. The lowest BCUT2D eigenvalue weighted by molar-refractivity contribution is 0.611. The van der Waals surface area contributed by atoms with Gasteiger partial charge in [0, 0.05) is 24.2 Å². The van der Waals surface area contributed by atoms with E-state index in [1.807, 2.05) is 19.1 Å². The summed E-state index contributed by atoms with van der Waals surface area (Å²) < 4.78 is 0. The van der Waals surface area contributed by atoms with E-state index in [2.05, 4.69) is 20.3 Å². The molecule has 4 nitrogen and oxygen atoms in total. The maximum atomic E-state index is 6.16. The monoisotopic (exact) mass is 248 g/mol. The SMILES string of the molecule is CCNC(c1cncnc1)c1ncccc1Cl. The number of aromatic nitrogens is 3. The molecule has 1 N–H and O–H groups in total. The fraction of sp³-hybridized carbons (Fsp3) is 0.250. The van der Waals surface area contributed by atoms with E-state index in [1.165, 1.54) is 6.33 Å². The highest BCUT2D eigenvalue weighted by Crippen LogP contribution is 2.25. The number of halogens is 1. The Balaban J connectivity index is 2.39. The Labute approximate surface area is 105 Å². The van der Waals surface area contributed by atoms with Gasteiger partial charge in [-0.3, -0.25) is 4.98 Å². The fourth-order valence-electron chi connectivity index (χ4n) is 1.65. The average molecular weight is 249 g/mol. The first kappa shape index (κ1) is 12.0. The van der Waals surface area contributed by atoms with Crippen molar-refractivity contribution in [2.24, 2.45) is 0 Å². The Morgan fingerprint density at radius 3 is 2.76 bits per heavy atom. The first-order valence-electron chi connectivity index (χ1n) is 5.41. The van der Waals surface area contributed by atoms with Gasteiger partial charge in [0.05, 0.1) is 16.8 Å². The second-order valence-corrected chi connectivity index (χ2v) is 3.94. The Morgan fingerprint density at radius 1 is 1.35 bits per heavy atom. The van der Waals surface area contributed by atoms with Crippen molar-refractivity contribution >= 4 is 11.6 Å². The predicted octanol–water partition coefficient (Wildman–Crippen LogP) is 2.22. The molecule has 0 saturated carbocycles. The molecule has 5 heteroatoms. The molecule has 0 aliphatic rings. The molecule has 0 aromatic carbocycles. The number of nitrogens with zero attached hydrogens (tertiary/aromatic N) is 3. The molecule has 0 spiro atoms. The minimum absolute atomic E-state index is 0.0742. The maximum Gasteiger partial charge on any atom is 0.115 e. The van der Waals surface area contributed by atoms with E-state index in [9.17, 15) is 0 Å². The van der Waals surface area contributed by atoms with Crippen LogP contribution in [0.25, 0.3) is 0 Å². The summed E-state index contributed by atoms with van der Waals surface area (Å²) in [5.41, 5.74) is 1.75. The van der Waals surface area contributed by atoms with Crippen LogP contribution in [0.15, 0.2) is 37.1 Å². The quantitative estimate of drug-likeness (QED) is 0.902. The second kappa shape index (κ2) is 5.70. The zero-order valence-electron chi connectivity index (χ0n) is 9.47. The van der Waals surface area contributed by atoms with Crippen molar-refractivity contribution in [3.63, 3.8) is 0 Å². The molecule has 88 valence electrons. The van der Waals surface area contributed by atoms with Crippen molar-refractivity contribution in [2.75, 3.05) is 6.54 Å². The zero-order valence-corrected chi connectivity index (χ0v) is 10.2. The molecule has 2 aromatic heterocycles. The molecule has 2 rings (SSSR count). The summed E-state index contributed by atoms with van der Waals surface area (Å²) in [4.78, 5) is 12.4. The van der Waals surface area contributed by atoms with E-state index in [-0.39, 0.29) is 6.04 Å². The van der Waals surface area contributed by atoms with Crippen LogP contribution in [0, 0.1) is 0 Å². The summed E-state index contributed by atoms with van der Waals surface area (Å²) in [6.45, 7) is 2.85. The Bertz CT molecular complexity index is 475. The Hall–Kier alpha value is -1.52. The van der Waals surface area contributed by atoms with Gasteiger partial charge in [-0.25, -0.2) is 9.97 Å². The van der Waals surface area contributed by atoms with E-state index in [0.717, 1.165) is 17.8 Å². The van der Waals surface area contributed by atoms with Crippen molar-refractivity contribution < 1.29 is 0 Å². The number of rotatable bonds is 4. The smallest absolute Gasteiger partial charge is 0.115 e. The third-order valence-electron chi connectivity index (χ3n) is 2.38. The van der Waals surface area contributed by atoms with Crippen molar-refractivity contribution in [1.29, 1.82) is 0 Å². The van der Waals surface area contributed by atoms with Gasteiger partial charge >= 0.3 is 0 Å². The molecular weight excluding hydrogens is 236 g/mol. The van der Waals surface area contributed by atoms with Crippen LogP contribution < -0.4 is 5.32 Å². The van der Waals surface area contributed by atoms with Crippen LogP contribution in [0.3, 0.4) is 0 Å². The Kier molecular flexibility index (Phi) is 4.01. The lowest BCUT2D eigenvalue weighted by Crippen LogP contribution is -2.23. The van der Waals surface area contributed by atoms with Gasteiger partial charge in [0.2, 0.25) is 0 Å². The van der Waals surface area contributed by atoms with Crippen molar-refractivity contribution in [3.05, 3.63) is 53.3 Å². The van der Waals surface area contributed by atoms with Crippen LogP contribution >= 0.6 is 11.6 Å². The Morgan fingerprint density at radius 2 is 2.12 bits per heavy atom. The summed E-state index contributed by atoms with van der Waals surface area (Å²) in [6, 6.07) is 3.57. The normalized spacial score (nSPS) is 12.4. The highest BCUT2D eigenvalue weighted by molar-refractivity contribution is 6.31. The number of pyridine rings is 1. The first-order valence-corrected chi connectivity index (χ1v) is 5.79. The number of nitrogens with one attached hydrogen (secondary N) is 1. The number of hydrogen-bond acceptors (Lipinski definition) is 4. The van der Waals surface area contributed by atoms with Gasteiger partial charge < -0.3 is 5.32 Å². The molecule has 0 amide bonds. The van der Waals surface area contributed by atoms with Crippen LogP contribution in [0.1, 0.15) is 24.2 Å². The van der Waals surface area contributed by atoms with E-state index in [1.54, 1.807) is 18.6 Å². The largest absolute Gasteiger partial charge is 0.305 e. The minimum Gasteiger partial charge on any atom is -0.305 e. The molecule has 0 radical (unpaired) electrons. The van der Waals surface area contributed by atoms with Gasteiger partial charge in [-0.05, 0) is 18.7 Å². The first-order chi connectivity index (χ1) is 8.33. The molecule has 0 aliphatic heterocycles. The van der Waals surface area contributed by atoms with Crippen molar-refractivity contribution in [2.45, 2.75) is 13.0 Å². The lowest BCUT2D eigenvalue weighted by atomic mass is 10.1. The standard InChI is InChI=1S/C12H13ClN4/c1-2-16-11(9-6-14-8-15-7-9)12-10(13)4-3-5-17-12/h3-8,11,16H,2H2,1H3. The molecule has 0 aliphatic carbocycles. The number of hydrogen-bond donors (Lipinski definition) is 1. The van der Waals surface area contributed by atoms with E-state index < -0.39 is 0 Å². The van der Waals surface area contributed by atoms with Gasteiger partial charge in [0.15, 0.2) is 0 Å². The van der Waals surface area contributed by atoms with Gasteiger partial charge in [0.25, 0.3) is 0 Å². The summed E-state index contributed by atoms with van der Waals surface area (Å²) in [5.74, 6) is 0. The molecule has 0 fully saturated rings. The molecule has 17 heavy (non-hydrogen) atoms. The second-order valence-electron chi connectivity index (χ2n) is 3.53. The molecule has 1 unspecified atom stereocenters. The molecular formula is C12H13ClN4. The van der Waals surface area contributed by atoms with E-state index >= 15 is 0 Å². The molecule has 0 bridgehead atoms. The summed E-state index contributed by atoms with van der Waals surface area (Å²) in [5, 5.41) is 3.97. The minimum atomic E-state index is -0.0742. The van der Waals surface area contributed by atoms with Gasteiger partial charge in [-0.1, -0.05) is 18.5 Å². The highest BCUT2D eigenvalue weighted by atomic mass is 35.5. The summed E-state index contributed by atoms with van der Waals surface area (Å²) in [6.07, 6.45) is 6.78. The fourth-order valence-corrected chi connectivity index (χ4v) is 1.88. The van der Waals surface area contributed by atoms with Crippen LogP contribution in [-0.4, -0.2) is 21.5 Å². The molecule has 2 aromatic rings. The zero-order chi connectivity index (χ0) is 12.1. The van der Waals surface area contributed by atoms with Crippen molar-refractivity contribution in [1.82, 2.24) is 20.3 Å². The van der Waals surface area contributed by atoms with Gasteiger partial charge in [-0.2, -0.15) is 0 Å². The molecule has 2 heterocycles. The predicted molar refractivity (Wildman–Crippen MR) is 66.8 cm³/mol. The summed E-state index contributed by atoms with van der Waals surface area (Å²) in [7, 11) is 0. The highest BCUT2D eigenvalue weighted by Gasteiger charge is 2.17. The molecule has 0 saturated heterocycles. The summed E-state index contributed by atoms with van der Waals surface area (Å²) >= 11 is 6.16. The van der Waals surface area contributed by atoms with Crippen LogP contribution in [-0.2, 0) is 0 Å².